The highest BCUT2D eigenvalue weighted by molar-refractivity contribution is 9.09. The van der Waals surface area contributed by atoms with Crippen molar-refractivity contribution in [2.24, 2.45) is 0 Å². The molecule has 1 aromatic rings. The Morgan fingerprint density at radius 3 is 2.47 bits per heavy atom. The van der Waals surface area contributed by atoms with Gasteiger partial charge in [-0.25, -0.2) is 17.6 Å². The summed E-state index contributed by atoms with van der Waals surface area (Å²) in [5, 5.41) is -0.238. The summed E-state index contributed by atoms with van der Waals surface area (Å²) in [5.74, 6) is -3.04. The van der Waals surface area contributed by atoms with Gasteiger partial charge in [-0.15, -0.1) is 0 Å². The van der Waals surface area contributed by atoms with E-state index < -0.39 is 41.1 Å². The molecule has 0 saturated heterocycles. The monoisotopic (exact) mass is 361 g/mol. The molecule has 0 N–H and O–H groups in total. The summed E-state index contributed by atoms with van der Waals surface area (Å²) >= 11 is 8.35. The van der Waals surface area contributed by atoms with E-state index in [-0.39, 0.29) is 11.9 Å². The van der Waals surface area contributed by atoms with Gasteiger partial charge >= 0.3 is 0 Å². The van der Waals surface area contributed by atoms with E-state index in [1.165, 1.54) is 0 Å². The minimum Gasteiger partial charge on any atom is -0.332 e. The maximum absolute atomic E-state index is 13.5. The first-order valence-electron chi connectivity index (χ1n) is 5.14. The third-order valence-corrected chi connectivity index (χ3v) is 2.88. The predicted octanol–water partition coefficient (Wildman–Crippen LogP) is 3.72. The van der Waals surface area contributed by atoms with Crippen LogP contribution in [0.1, 0.15) is 10.4 Å². The van der Waals surface area contributed by atoms with Crippen LogP contribution in [0.2, 0.25) is 5.02 Å². The second kappa shape index (κ2) is 7.09. The zero-order valence-corrected chi connectivity index (χ0v) is 11.8. The molecule has 0 aliphatic heterocycles. The molecule has 0 heterocycles. The topological polar surface area (TPSA) is 20.3 Å². The van der Waals surface area contributed by atoms with Crippen molar-refractivity contribution in [3.05, 3.63) is 34.4 Å². The minimum absolute atomic E-state index is 0.0488. The first kappa shape index (κ1) is 16.2. The molecule has 1 amide bonds. The van der Waals surface area contributed by atoms with Crippen molar-refractivity contribution in [1.82, 2.24) is 4.90 Å². The fourth-order valence-corrected chi connectivity index (χ4v) is 1.98. The predicted molar refractivity (Wildman–Crippen MR) is 67.1 cm³/mol. The van der Waals surface area contributed by atoms with E-state index in [0.717, 1.165) is 4.90 Å². The molecule has 19 heavy (non-hydrogen) atoms. The summed E-state index contributed by atoms with van der Waals surface area (Å²) in [6, 6.07) is 1.24. The number of hydrogen-bond acceptors (Lipinski definition) is 1. The van der Waals surface area contributed by atoms with Crippen molar-refractivity contribution >= 4 is 33.4 Å². The average Bonchev–Trinajstić information content (AvgIpc) is 2.32. The van der Waals surface area contributed by atoms with Gasteiger partial charge < -0.3 is 4.90 Å². The molecule has 0 atom stereocenters. The van der Waals surface area contributed by atoms with Crippen LogP contribution in [0.3, 0.4) is 0 Å². The fraction of sp³-hybridized carbons (Fsp3) is 0.364. The Bertz CT molecular complexity index is 472. The lowest BCUT2D eigenvalue weighted by Gasteiger charge is -2.21. The molecular formula is C11H9BrClF4NO. The van der Waals surface area contributed by atoms with Crippen molar-refractivity contribution in [2.45, 2.75) is 6.43 Å². The van der Waals surface area contributed by atoms with Crippen molar-refractivity contribution in [2.75, 3.05) is 18.4 Å². The summed E-state index contributed by atoms with van der Waals surface area (Å²) in [6.07, 6.45) is -2.76. The Kier molecular flexibility index (Phi) is 6.06. The van der Waals surface area contributed by atoms with E-state index in [0.29, 0.717) is 12.1 Å². The SMILES string of the molecule is O=C(c1cc(F)c(Cl)cc1F)N(CCBr)CC(F)F. The van der Waals surface area contributed by atoms with Gasteiger partial charge in [0.15, 0.2) is 0 Å². The van der Waals surface area contributed by atoms with Crippen LogP contribution >= 0.6 is 27.5 Å². The molecule has 0 fully saturated rings. The maximum atomic E-state index is 13.5. The summed E-state index contributed by atoms with van der Waals surface area (Å²) in [5.41, 5.74) is -0.622. The Hall–Kier alpha value is -0.820. The third-order valence-electron chi connectivity index (χ3n) is 2.24. The van der Waals surface area contributed by atoms with Crippen LogP contribution < -0.4 is 0 Å². The lowest BCUT2D eigenvalue weighted by molar-refractivity contribution is 0.0568. The lowest BCUT2D eigenvalue weighted by Crippen LogP contribution is -2.37. The Morgan fingerprint density at radius 2 is 1.95 bits per heavy atom. The quantitative estimate of drug-likeness (QED) is 0.444. The van der Waals surface area contributed by atoms with Crippen molar-refractivity contribution in [3.8, 4) is 0 Å². The van der Waals surface area contributed by atoms with Gasteiger partial charge in [0.2, 0.25) is 0 Å². The first-order chi connectivity index (χ1) is 8.86. The first-order valence-corrected chi connectivity index (χ1v) is 6.64. The largest absolute Gasteiger partial charge is 0.332 e. The number of hydrogen-bond donors (Lipinski definition) is 0. The van der Waals surface area contributed by atoms with Crippen molar-refractivity contribution in [3.63, 3.8) is 0 Å². The molecule has 8 heteroatoms. The van der Waals surface area contributed by atoms with Crippen LogP contribution in [0.25, 0.3) is 0 Å². The normalized spacial score (nSPS) is 10.9. The highest BCUT2D eigenvalue weighted by atomic mass is 79.9. The number of benzene rings is 1. The van der Waals surface area contributed by atoms with Crippen LogP contribution in [-0.4, -0.2) is 35.7 Å². The summed E-state index contributed by atoms with van der Waals surface area (Å²) in [7, 11) is 0. The van der Waals surface area contributed by atoms with E-state index in [2.05, 4.69) is 15.9 Å². The fourth-order valence-electron chi connectivity index (χ4n) is 1.40. The summed E-state index contributed by atoms with van der Waals surface area (Å²) < 4.78 is 51.4. The van der Waals surface area contributed by atoms with Gasteiger partial charge in [-0.3, -0.25) is 4.79 Å². The molecular weight excluding hydrogens is 353 g/mol. The standard InChI is InChI=1S/C11H9BrClF4NO/c12-1-2-18(5-10(16)17)11(19)6-3-9(15)7(13)4-8(6)14/h3-4,10H,1-2,5H2. The number of carbonyl (C=O) groups is 1. The molecule has 0 aliphatic rings. The van der Waals surface area contributed by atoms with Crippen molar-refractivity contribution in [1.29, 1.82) is 0 Å². The number of amides is 1. The molecule has 1 rings (SSSR count). The Morgan fingerprint density at radius 1 is 1.32 bits per heavy atom. The van der Waals surface area contributed by atoms with E-state index in [1.807, 2.05) is 0 Å². The Labute approximate surface area is 120 Å². The van der Waals surface area contributed by atoms with E-state index in [4.69, 9.17) is 11.6 Å². The lowest BCUT2D eigenvalue weighted by atomic mass is 10.1. The minimum atomic E-state index is -2.76. The number of carbonyl (C=O) groups excluding carboxylic acids is 1. The van der Waals surface area contributed by atoms with Gasteiger partial charge in [0.05, 0.1) is 17.1 Å². The van der Waals surface area contributed by atoms with Crippen LogP contribution in [0.15, 0.2) is 12.1 Å². The van der Waals surface area contributed by atoms with E-state index >= 15 is 0 Å². The van der Waals surface area contributed by atoms with Gasteiger partial charge in [0, 0.05) is 11.9 Å². The zero-order valence-electron chi connectivity index (χ0n) is 9.48. The molecule has 1 aromatic carbocycles. The molecule has 0 saturated carbocycles. The van der Waals surface area contributed by atoms with Crippen LogP contribution in [0.4, 0.5) is 17.6 Å². The number of nitrogens with zero attached hydrogens (tertiary/aromatic N) is 1. The molecule has 0 aliphatic carbocycles. The van der Waals surface area contributed by atoms with Crippen LogP contribution in [0, 0.1) is 11.6 Å². The van der Waals surface area contributed by atoms with Crippen molar-refractivity contribution < 1.29 is 22.4 Å². The molecule has 0 spiro atoms. The van der Waals surface area contributed by atoms with Gasteiger partial charge in [0.25, 0.3) is 12.3 Å². The number of rotatable bonds is 5. The summed E-state index contributed by atoms with van der Waals surface area (Å²) in [6.45, 7) is -0.902. The number of alkyl halides is 3. The van der Waals surface area contributed by atoms with Gasteiger partial charge in [-0.05, 0) is 12.1 Å². The second-order valence-electron chi connectivity index (χ2n) is 3.58. The molecule has 0 unspecified atom stereocenters. The molecule has 0 bridgehead atoms. The third kappa shape index (κ3) is 4.35. The van der Waals surface area contributed by atoms with E-state index in [9.17, 15) is 22.4 Å². The van der Waals surface area contributed by atoms with Gasteiger partial charge in [-0.1, -0.05) is 27.5 Å². The smallest absolute Gasteiger partial charge is 0.257 e. The molecule has 0 radical (unpaired) electrons. The van der Waals surface area contributed by atoms with E-state index in [1.54, 1.807) is 0 Å². The molecule has 0 aromatic heterocycles. The maximum Gasteiger partial charge on any atom is 0.257 e. The van der Waals surface area contributed by atoms with Gasteiger partial charge in [0.1, 0.15) is 11.6 Å². The zero-order chi connectivity index (χ0) is 14.6. The Balaban J connectivity index is 3.05. The van der Waals surface area contributed by atoms with Crippen LogP contribution in [0.5, 0.6) is 0 Å². The molecule has 2 nitrogen and oxygen atoms in total. The molecule has 106 valence electrons. The summed E-state index contributed by atoms with van der Waals surface area (Å²) in [4.78, 5) is 12.6. The number of halogens is 6. The average molecular weight is 363 g/mol. The highest BCUT2D eigenvalue weighted by Gasteiger charge is 2.23. The van der Waals surface area contributed by atoms with Crippen LogP contribution in [-0.2, 0) is 0 Å². The highest BCUT2D eigenvalue weighted by Crippen LogP contribution is 2.21. The second-order valence-corrected chi connectivity index (χ2v) is 4.78. The van der Waals surface area contributed by atoms with Gasteiger partial charge in [-0.2, -0.15) is 0 Å².